The summed E-state index contributed by atoms with van der Waals surface area (Å²) >= 11 is 12.1. The van der Waals surface area contributed by atoms with Crippen molar-refractivity contribution in [3.05, 3.63) is 0 Å². The van der Waals surface area contributed by atoms with E-state index in [1.54, 1.807) is 0 Å². The third-order valence-corrected chi connectivity index (χ3v) is 4.34. The number of alkyl halides is 2. The van der Waals surface area contributed by atoms with E-state index in [4.69, 9.17) is 28.3 Å². The maximum absolute atomic E-state index is 11.1. The molecule has 1 saturated heterocycles. The Hall–Kier alpha value is 0.01000. The van der Waals surface area contributed by atoms with Crippen LogP contribution in [0.25, 0.3) is 0 Å². The molecule has 1 heterocycles. The molecule has 2 N–H and O–H groups in total. The Bertz CT molecular complexity index is 262. The number of carbonyl (C=O) groups is 1. The maximum Gasteiger partial charge on any atom is 0.309 e. The van der Waals surface area contributed by atoms with Crippen molar-refractivity contribution < 1.29 is 9.90 Å². The van der Waals surface area contributed by atoms with Crippen LogP contribution in [0.3, 0.4) is 0 Å². The van der Waals surface area contributed by atoms with Gasteiger partial charge in [-0.05, 0) is 25.2 Å². The van der Waals surface area contributed by atoms with Crippen molar-refractivity contribution in [2.45, 2.75) is 36.1 Å². The van der Waals surface area contributed by atoms with E-state index < -0.39 is 11.9 Å². The van der Waals surface area contributed by atoms with Gasteiger partial charge in [-0.25, -0.2) is 0 Å². The zero-order valence-electron chi connectivity index (χ0n) is 8.33. The Morgan fingerprint density at radius 1 is 1.33 bits per heavy atom. The van der Waals surface area contributed by atoms with Crippen LogP contribution < -0.4 is 5.32 Å². The van der Waals surface area contributed by atoms with Crippen molar-refractivity contribution in [3.63, 3.8) is 0 Å². The highest BCUT2D eigenvalue weighted by atomic mass is 35.5. The van der Waals surface area contributed by atoms with E-state index in [9.17, 15) is 4.79 Å². The molecule has 5 unspecified atom stereocenters. The van der Waals surface area contributed by atoms with Gasteiger partial charge in [-0.3, -0.25) is 4.79 Å². The van der Waals surface area contributed by atoms with E-state index in [-0.39, 0.29) is 16.8 Å². The van der Waals surface area contributed by atoms with Crippen LogP contribution >= 0.6 is 23.2 Å². The lowest BCUT2D eigenvalue weighted by Gasteiger charge is -2.43. The molecule has 0 aromatic heterocycles. The lowest BCUT2D eigenvalue weighted by Crippen LogP contribution is -2.56. The number of aliphatic carboxylic acids is 1. The van der Waals surface area contributed by atoms with Crippen molar-refractivity contribution in [1.29, 1.82) is 0 Å². The van der Waals surface area contributed by atoms with Crippen LogP contribution in [0, 0.1) is 11.8 Å². The number of hydrogen-bond donors (Lipinski definition) is 2. The average Bonchev–Trinajstić information content (AvgIpc) is 2.17. The van der Waals surface area contributed by atoms with E-state index in [0.29, 0.717) is 12.5 Å². The molecule has 2 rings (SSSR count). The molecular formula is C10H15Cl2NO2. The van der Waals surface area contributed by atoms with Crippen LogP contribution in [-0.2, 0) is 4.79 Å². The number of carboxylic acid groups (broad SMARTS) is 1. The number of halogens is 2. The second-order valence-electron chi connectivity index (χ2n) is 4.48. The maximum atomic E-state index is 11.1. The molecule has 86 valence electrons. The molecule has 1 saturated carbocycles. The Balaban J connectivity index is 2.12. The largest absolute Gasteiger partial charge is 0.481 e. The minimum Gasteiger partial charge on any atom is -0.481 e. The predicted molar refractivity (Wildman–Crippen MR) is 59.5 cm³/mol. The molecule has 0 spiro atoms. The lowest BCUT2D eigenvalue weighted by atomic mass is 9.73. The van der Waals surface area contributed by atoms with Gasteiger partial charge in [0.25, 0.3) is 0 Å². The fourth-order valence-corrected chi connectivity index (χ4v) is 3.50. The zero-order chi connectivity index (χ0) is 11.0. The Kier molecular flexibility index (Phi) is 3.43. The molecule has 1 aliphatic carbocycles. The topological polar surface area (TPSA) is 49.3 Å². The van der Waals surface area contributed by atoms with Crippen LogP contribution in [0.1, 0.15) is 19.3 Å². The Morgan fingerprint density at radius 2 is 2.07 bits per heavy atom. The van der Waals surface area contributed by atoms with Gasteiger partial charge in [0.2, 0.25) is 0 Å². The fraction of sp³-hybridized carbons (Fsp3) is 0.900. The van der Waals surface area contributed by atoms with Gasteiger partial charge in [-0.15, -0.1) is 23.2 Å². The molecule has 0 amide bonds. The van der Waals surface area contributed by atoms with E-state index in [1.807, 2.05) is 0 Å². The first-order chi connectivity index (χ1) is 7.09. The van der Waals surface area contributed by atoms with Gasteiger partial charge in [0, 0.05) is 23.3 Å². The molecule has 2 aliphatic rings. The standard InChI is InChI=1S/C10H15Cl2NO2/c11-6-3-5-1-2-7(12)8(10(14)15)9(5)13-4-6/h5-9,13H,1-4H2,(H,14,15). The van der Waals surface area contributed by atoms with Gasteiger partial charge in [-0.1, -0.05) is 0 Å². The Labute approximate surface area is 99.1 Å². The van der Waals surface area contributed by atoms with Gasteiger partial charge in [0.1, 0.15) is 0 Å². The van der Waals surface area contributed by atoms with Gasteiger partial charge in [-0.2, -0.15) is 0 Å². The molecule has 1 aliphatic heterocycles. The van der Waals surface area contributed by atoms with Crippen LogP contribution in [0.2, 0.25) is 0 Å². The molecule has 15 heavy (non-hydrogen) atoms. The van der Waals surface area contributed by atoms with E-state index in [0.717, 1.165) is 19.3 Å². The smallest absolute Gasteiger partial charge is 0.309 e. The van der Waals surface area contributed by atoms with Gasteiger partial charge in [0.15, 0.2) is 0 Å². The van der Waals surface area contributed by atoms with Crippen molar-refractivity contribution >= 4 is 29.2 Å². The summed E-state index contributed by atoms with van der Waals surface area (Å²) in [5.41, 5.74) is 0. The highest BCUT2D eigenvalue weighted by Crippen LogP contribution is 2.38. The lowest BCUT2D eigenvalue weighted by molar-refractivity contribution is -0.144. The molecule has 2 fully saturated rings. The number of fused-ring (bicyclic) bond motifs is 1. The molecule has 0 radical (unpaired) electrons. The number of carboxylic acids is 1. The first kappa shape index (κ1) is 11.5. The zero-order valence-corrected chi connectivity index (χ0v) is 9.84. The normalized spacial score (nSPS) is 45.9. The molecule has 0 aromatic rings. The summed E-state index contributed by atoms with van der Waals surface area (Å²) in [6, 6.07) is 0.00810. The van der Waals surface area contributed by atoms with E-state index >= 15 is 0 Å². The highest BCUT2D eigenvalue weighted by molar-refractivity contribution is 6.22. The van der Waals surface area contributed by atoms with Crippen LogP contribution in [0.15, 0.2) is 0 Å². The van der Waals surface area contributed by atoms with Crippen molar-refractivity contribution in [2.24, 2.45) is 11.8 Å². The number of rotatable bonds is 1. The Morgan fingerprint density at radius 3 is 2.73 bits per heavy atom. The van der Waals surface area contributed by atoms with E-state index in [2.05, 4.69) is 5.32 Å². The summed E-state index contributed by atoms with van der Waals surface area (Å²) in [5.74, 6) is -0.878. The monoisotopic (exact) mass is 251 g/mol. The summed E-state index contributed by atoms with van der Waals surface area (Å²) in [6.45, 7) is 0.691. The first-order valence-corrected chi connectivity index (χ1v) is 6.21. The second-order valence-corrected chi connectivity index (χ2v) is 5.66. The molecule has 0 aromatic carbocycles. The minimum atomic E-state index is -0.787. The van der Waals surface area contributed by atoms with Gasteiger partial charge >= 0.3 is 5.97 Å². The number of nitrogens with one attached hydrogen (secondary N) is 1. The van der Waals surface area contributed by atoms with Crippen LogP contribution in [0.4, 0.5) is 0 Å². The summed E-state index contributed by atoms with van der Waals surface area (Å²) < 4.78 is 0. The van der Waals surface area contributed by atoms with E-state index in [1.165, 1.54) is 0 Å². The molecular weight excluding hydrogens is 237 g/mol. The number of piperidine rings is 1. The quantitative estimate of drug-likeness (QED) is 0.698. The minimum absolute atomic E-state index is 0.00810. The van der Waals surface area contributed by atoms with Crippen molar-refractivity contribution in [2.75, 3.05) is 6.54 Å². The first-order valence-electron chi connectivity index (χ1n) is 5.34. The van der Waals surface area contributed by atoms with Crippen LogP contribution in [0.5, 0.6) is 0 Å². The average molecular weight is 252 g/mol. The summed E-state index contributed by atoms with van der Waals surface area (Å²) in [7, 11) is 0. The van der Waals surface area contributed by atoms with Crippen molar-refractivity contribution in [3.8, 4) is 0 Å². The molecule has 5 heteroatoms. The molecule has 0 bridgehead atoms. The molecule has 5 atom stereocenters. The SMILES string of the molecule is O=C(O)C1C(Cl)CCC2CC(Cl)CNC21. The summed E-state index contributed by atoms with van der Waals surface area (Å²) in [5, 5.41) is 12.3. The molecule has 3 nitrogen and oxygen atoms in total. The third kappa shape index (κ3) is 2.24. The fourth-order valence-electron chi connectivity index (χ4n) is 2.79. The van der Waals surface area contributed by atoms with Crippen LogP contribution in [-0.4, -0.2) is 34.4 Å². The van der Waals surface area contributed by atoms with Gasteiger partial charge in [0.05, 0.1) is 5.92 Å². The third-order valence-electron chi connectivity index (χ3n) is 3.52. The summed E-state index contributed by atoms with van der Waals surface area (Å²) in [4.78, 5) is 11.1. The van der Waals surface area contributed by atoms with Crippen molar-refractivity contribution in [1.82, 2.24) is 5.32 Å². The second kappa shape index (κ2) is 4.48. The highest BCUT2D eigenvalue weighted by Gasteiger charge is 2.45. The van der Waals surface area contributed by atoms with Gasteiger partial charge < -0.3 is 10.4 Å². The number of hydrogen-bond acceptors (Lipinski definition) is 2. The predicted octanol–water partition coefficient (Wildman–Crippen LogP) is 1.67. The summed E-state index contributed by atoms with van der Waals surface area (Å²) in [6.07, 6.45) is 2.68.